The Bertz CT molecular complexity index is 756. The Labute approximate surface area is 145 Å². The second kappa shape index (κ2) is 7.79. The van der Waals surface area contributed by atoms with Crippen LogP contribution in [0.1, 0.15) is 29.8 Å². The molecule has 0 aliphatic carbocycles. The quantitative estimate of drug-likeness (QED) is 0.808. The summed E-state index contributed by atoms with van der Waals surface area (Å²) in [6.45, 7) is 3.25. The summed E-state index contributed by atoms with van der Waals surface area (Å²) in [5.74, 6) is -1.36. The van der Waals surface area contributed by atoms with E-state index in [0.29, 0.717) is 11.3 Å². The molecule has 2 rings (SSSR count). The molecule has 0 unspecified atom stereocenters. The first-order chi connectivity index (χ1) is 11.8. The molecule has 0 aliphatic rings. The van der Waals surface area contributed by atoms with Crippen molar-refractivity contribution in [2.75, 3.05) is 6.54 Å². The highest BCUT2D eigenvalue weighted by Gasteiger charge is 2.28. The van der Waals surface area contributed by atoms with Crippen LogP contribution in [-0.2, 0) is 11.4 Å². The van der Waals surface area contributed by atoms with Crippen LogP contribution in [0, 0.1) is 11.2 Å². The van der Waals surface area contributed by atoms with E-state index < -0.39 is 17.3 Å². The van der Waals surface area contributed by atoms with Gasteiger partial charge >= 0.3 is 5.97 Å². The van der Waals surface area contributed by atoms with E-state index in [0.717, 1.165) is 5.56 Å². The second-order valence-electron chi connectivity index (χ2n) is 6.28. The Balaban J connectivity index is 2.05. The lowest BCUT2D eigenvalue weighted by Crippen LogP contribution is -2.39. The molecule has 0 radical (unpaired) electrons. The molecular formula is C19H20FNO4. The summed E-state index contributed by atoms with van der Waals surface area (Å²) >= 11 is 0. The molecule has 0 spiro atoms. The lowest BCUT2D eigenvalue weighted by atomic mass is 9.94. The van der Waals surface area contributed by atoms with E-state index in [1.54, 1.807) is 36.4 Å². The maximum absolute atomic E-state index is 12.9. The van der Waals surface area contributed by atoms with Crippen molar-refractivity contribution in [3.8, 4) is 5.75 Å². The van der Waals surface area contributed by atoms with Crippen molar-refractivity contribution >= 4 is 11.9 Å². The summed E-state index contributed by atoms with van der Waals surface area (Å²) in [5.41, 5.74) is 0.00830. The van der Waals surface area contributed by atoms with E-state index in [4.69, 9.17) is 9.84 Å². The molecule has 0 bridgehead atoms. The fourth-order valence-electron chi connectivity index (χ4n) is 1.99. The molecule has 5 nitrogen and oxygen atoms in total. The average Bonchev–Trinajstić information content (AvgIpc) is 2.59. The van der Waals surface area contributed by atoms with Crippen LogP contribution in [0.5, 0.6) is 5.75 Å². The van der Waals surface area contributed by atoms with Gasteiger partial charge in [-0.15, -0.1) is 0 Å². The van der Waals surface area contributed by atoms with Crippen molar-refractivity contribution in [2.45, 2.75) is 20.5 Å². The van der Waals surface area contributed by atoms with Crippen LogP contribution < -0.4 is 10.1 Å². The van der Waals surface area contributed by atoms with Crippen LogP contribution in [0.25, 0.3) is 0 Å². The van der Waals surface area contributed by atoms with Crippen LogP contribution in [0.3, 0.4) is 0 Å². The van der Waals surface area contributed by atoms with Crippen molar-refractivity contribution in [3.05, 3.63) is 65.5 Å². The number of halogens is 1. The molecule has 0 heterocycles. The first-order valence-corrected chi connectivity index (χ1v) is 7.77. The fraction of sp³-hybridized carbons (Fsp3) is 0.263. The number of hydrogen-bond acceptors (Lipinski definition) is 3. The number of hydrogen-bond donors (Lipinski definition) is 2. The van der Waals surface area contributed by atoms with Crippen LogP contribution >= 0.6 is 0 Å². The predicted molar refractivity (Wildman–Crippen MR) is 90.9 cm³/mol. The van der Waals surface area contributed by atoms with E-state index in [2.05, 4.69) is 5.32 Å². The summed E-state index contributed by atoms with van der Waals surface area (Å²) in [7, 11) is 0. The van der Waals surface area contributed by atoms with Crippen LogP contribution in [0.2, 0.25) is 0 Å². The normalized spacial score (nSPS) is 11.0. The number of carbonyl (C=O) groups is 2. The van der Waals surface area contributed by atoms with E-state index >= 15 is 0 Å². The van der Waals surface area contributed by atoms with Gasteiger partial charge in [0.05, 0.1) is 11.0 Å². The van der Waals surface area contributed by atoms with Gasteiger partial charge < -0.3 is 15.2 Å². The van der Waals surface area contributed by atoms with Gasteiger partial charge in [0.2, 0.25) is 0 Å². The molecule has 132 valence electrons. The third-order valence-electron chi connectivity index (χ3n) is 3.71. The summed E-state index contributed by atoms with van der Waals surface area (Å²) in [5, 5.41) is 11.7. The molecule has 2 N–H and O–H groups in total. The van der Waals surface area contributed by atoms with E-state index in [9.17, 15) is 14.0 Å². The fourth-order valence-corrected chi connectivity index (χ4v) is 1.99. The number of rotatable bonds is 7. The summed E-state index contributed by atoms with van der Waals surface area (Å²) < 4.78 is 18.6. The largest absolute Gasteiger partial charge is 0.488 e. The minimum Gasteiger partial charge on any atom is -0.488 e. The summed E-state index contributed by atoms with van der Waals surface area (Å²) in [4.78, 5) is 23.5. The summed E-state index contributed by atoms with van der Waals surface area (Å²) in [6.07, 6.45) is 0. The molecule has 2 aromatic carbocycles. The molecule has 1 amide bonds. The van der Waals surface area contributed by atoms with E-state index in [1.165, 1.54) is 26.0 Å². The van der Waals surface area contributed by atoms with Crippen molar-refractivity contribution in [1.82, 2.24) is 5.32 Å². The number of carbonyl (C=O) groups excluding carboxylic acids is 1. The first-order valence-electron chi connectivity index (χ1n) is 7.77. The Morgan fingerprint density at radius 2 is 1.76 bits per heavy atom. The number of ether oxygens (including phenoxy) is 1. The van der Waals surface area contributed by atoms with Crippen molar-refractivity contribution in [1.29, 1.82) is 0 Å². The number of aliphatic carboxylic acids is 1. The van der Waals surface area contributed by atoms with E-state index in [1.807, 2.05) is 0 Å². The van der Waals surface area contributed by atoms with E-state index in [-0.39, 0.29) is 19.0 Å². The lowest BCUT2D eigenvalue weighted by Gasteiger charge is -2.20. The van der Waals surface area contributed by atoms with Gasteiger partial charge in [0.25, 0.3) is 5.91 Å². The smallest absolute Gasteiger partial charge is 0.310 e. The Morgan fingerprint density at radius 3 is 2.40 bits per heavy atom. The minimum atomic E-state index is -1.07. The van der Waals surface area contributed by atoms with Crippen LogP contribution in [0.4, 0.5) is 4.39 Å². The van der Waals surface area contributed by atoms with Gasteiger partial charge in [-0.2, -0.15) is 0 Å². The van der Waals surface area contributed by atoms with Gasteiger partial charge in [0.15, 0.2) is 0 Å². The number of nitrogens with one attached hydrogen (secondary N) is 1. The molecule has 25 heavy (non-hydrogen) atoms. The maximum Gasteiger partial charge on any atom is 0.310 e. The Kier molecular flexibility index (Phi) is 5.75. The van der Waals surface area contributed by atoms with Gasteiger partial charge in [-0.05, 0) is 43.7 Å². The molecule has 0 aliphatic heterocycles. The molecule has 0 fully saturated rings. The van der Waals surface area contributed by atoms with Gasteiger partial charge in [0, 0.05) is 6.54 Å². The maximum atomic E-state index is 12.9. The highest BCUT2D eigenvalue weighted by atomic mass is 19.1. The number of amides is 1. The average molecular weight is 345 g/mol. The molecule has 0 atom stereocenters. The number of benzene rings is 2. The minimum absolute atomic E-state index is 0.00649. The monoisotopic (exact) mass is 345 g/mol. The van der Waals surface area contributed by atoms with Crippen molar-refractivity contribution < 1.29 is 23.8 Å². The molecule has 6 heteroatoms. The lowest BCUT2D eigenvalue weighted by molar-refractivity contribution is -0.146. The highest BCUT2D eigenvalue weighted by molar-refractivity contribution is 5.97. The molecule has 0 saturated carbocycles. The predicted octanol–water partition coefficient (Wildman–Crippen LogP) is 3.25. The number of carboxylic acids is 1. The third kappa shape index (κ3) is 5.04. The number of carboxylic acid groups (broad SMARTS) is 1. The van der Waals surface area contributed by atoms with Crippen LogP contribution in [0.15, 0.2) is 48.5 Å². The van der Waals surface area contributed by atoms with Gasteiger partial charge in [0.1, 0.15) is 18.2 Å². The van der Waals surface area contributed by atoms with Crippen molar-refractivity contribution in [2.24, 2.45) is 5.41 Å². The van der Waals surface area contributed by atoms with Crippen LogP contribution in [-0.4, -0.2) is 23.5 Å². The van der Waals surface area contributed by atoms with Crippen molar-refractivity contribution in [3.63, 3.8) is 0 Å². The molecule has 2 aromatic rings. The molecule has 0 aromatic heterocycles. The zero-order valence-corrected chi connectivity index (χ0v) is 14.1. The SMILES string of the molecule is CC(C)(CNC(=O)c1ccccc1OCc1ccc(F)cc1)C(=O)O. The first kappa shape index (κ1) is 18.4. The zero-order chi connectivity index (χ0) is 18.4. The van der Waals surface area contributed by atoms with Gasteiger partial charge in [-0.25, -0.2) is 4.39 Å². The topological polar surface area (TPSA) is 75.6 Å². The second-order valence-corrected chi connectivity index (χ2v) is 6.28. The number of para-hydroxylation sites is 1. The third-order valence-corrected chi connectivity index (χ3v) is 3.71. The highest BCUT2D eigenvalue weighted by Crippen LogP contribution is 2.20. The van der Waals surface area contributed by atoms with Gasteiger partial charge in [-0.1, -0.05) is 24.3 Å². The summed E-state index contributed by atoms with van der Waals surface area (Å²) in [6, 6.07) is 12.6. The Hall–Kier alpha value is -2.89. The molecular weight excluding hydrogens is 325 g/mol. The molecule has 0 saturated heterocycles. The van der Waals surface area contributed by atoms with Gasteiger partial charge in [-0.3, -0.25) is 9.59 Å². The Morgan fingerprint density at radius 1 is 1.12 bits per heavy atom. The zero-order valence-electron chi connectivity index (χ0n) is 14.1. The standard InChI is InChI=1S/C19H20FNO4/c1-19(2,18(23)24)12-21-17(22)15-5-3-4-6-16(15)25-11-13-7-9-14(20)10-8-13/h3-10H,11-12H2,1-2H3,(H,21,22)(H,23,24).